The zero-order chi connectivity index (χ0) is 11.8. The second-order valence-corrected chi connectivity index (χ2v) is 6.26. The summed E-state index contributed by atoms with van der Waals surface area (Å²) in [7, 11) is 0. The fourth-order valence-electron chi connectivity index (χ4n) is 1.85. The molecule has 0 spiro atoms. The van der Waals surface area contributed by atoms with Crippen LogP contribution >= 0.6 is 31.9 Å². The number of hydrogen-bond acceptors (Lipinski definition) is 1. The minimum Gasteiger partial charge on any atom is -0.347 e. The Morgan fingerprint density at radius 1 is 1.38 bits per heavy atom. The Morgan fingerprint density at radius 3 is 2.62 bits per heavy atom. The summed E-state index contributed by atoms with van der Waals surface area (Å²) in [5.41, 5.74) is 0.682. The zero-order valence-corrected chi connectivity index (χ0v) is 12.2. The van der Waals surface area contributed by atoms with Gasteiger partial charge in [-0.05, 0) is 60.3 Å². The van der Waals surface area contributed by atoms with E-state index in [2.05, 4.69) is 44.1 Å². The van der Waals surface area contributed by atoms with E-state index in [-0.39, 0.29) is 11.4 Å². The van der Waals surface area contributed by atoms with Gasteiger partial charge in [0, 0.05) is 14.5 Å². The highest BCUT2D eigenvalue weighted by atomic mass is 79.9. The van der Waals surface area contributed by atoms with E-state index in [1.165, 1.54) is 6.42 Å². The summed E-state index contributed by atoms with van der Waals surface area (Å²) in [6, 6.07) is 5.62. The van der Waals surface area contributed by atoms with Crippen molar-refractivity contribution in [2.45, 2.75) is 31.7 Å². The summed E-state index contributed by atoms with van der Waals surface area (Å²) < 4.78 is 1.75. The van der Waals surface area contributed by atoms with E-state index in [4.69, 9.17) is 0 Å². The molecule has 0 atom stereocenters. The monoisotopic (exact) mass is 345 g/mol. The van der Waals surface area contributed by atoms with E-state index in [1.54, 1.807) is 0 Å². The van der Waals surface area contributed by atoms with Crippen LogP contribution in [-0.2, 0) is 0 Å². The number of carbonyl (C=O) groups excluding carboxylic acids is 1. The first-order chi connectivity index (χ1) is 7.50. The Labute approximate surface area is 112 Å². The molecule has 0 heterocycles. The lowest BCUT2D eigenvalue weighted by molar-refractivity contribution is 0.0849. The van der Waals surface area contributed by atoms with Crippen LogP contribution < -0.4 is 5.32 Å². The van der Waals surface area contributed by atoms with Crippen LogP contribution in [-0.4, -0.2) is 11.4 Å². The molecule has 1 fully saturated rings. The topological polar surface area (TPSA) is 29.1 Å². The van der Waals surface area contributed by atoms with Gasteiger partial charge in [0.2, 0.25) is 0 Å². The van der Waals surface area contributed by atoms with Gasteiger partial charge in [-0.3, -0.25) is 4.79 Å². The molecule has 0 bridgehead atoms. The molecule has 0 radical (unpaired) electrons. The van der Waals surface area contributed by atoms with Crippen LogP contribution in [0.3, 0.4) is 0 Å². The summed E-state index contributed by atoms with van der Waals surface area (Å²) in [6.45, 7) is 2.10. The maximum absolute atomic E-state index is 12.1. The molecule has 0 saturated heterocycles. The first kappa shape index (κ1) is 12.1. The number of rotatable bonds is 2. The standard InChI is InChI=1S/C12H13Br2NO/c1-12(5-2-6-12)15-11(16)9-7-8(13)3-4-10(9)14/h3-4,7H,2,5-6H2,1H3,(H,15,16). The van der Waals surface area contributed by atoms with E-state index in [1.807, 2.05) is 18.2 Å². The summed E-state index contributed by atoms with van der Waals surface area (Å²) in [6.07, 6.45) is 3.35. The molecule has 4 heteroatoms. The minimum absolute atomic E-state index is 0.00115. The zero-order valence-electron chi connectivity index (χ0n) is 9.02. The molecular weight excluding hydrogens is 334 g/mol. The van der Waals surface area contributed by atoms with E-state index in [0.717, 1.165) is 21.8 Å². The highest BCUT2D eigenvalue weighted by molar-refractivity contribution is 9.11. The van der Waals surface area contributed by atoms with Crippen LogP contribution in [0.4, 0.5) is 0 Å². The van der Waals surface area contributed by atoms with Crippen LogP contribution in [0.2, 0.25) is 0 Å². The SMILES string of the molecule is CC1(NC(=O)c2cc(Br)ccc2Br)CCC1. The van der Waals surface area contributed by atoms with Crippen molar-refractivity contribution in [3.63, 3.8) is 0 Å². The van der Waals surface area contributed by atoms with Crippen molar-refractivity contribution in [3.8, 4) is 0 Å². The smallest absolute Gasteiger partial charge is 0.252 e. The van der Waals surface area contributed by atoms with Gasteiger partial charge in [-0.2, -0.15) is 0 Å². The number of carbonyl (C=O) groups is 1. The minimum atomic E-state index is -0.00428. The predicted octanol–water partition coefficient (Wildman–Crippen LogP) is 3.88. The van der Waals surface area contributed by atoms with Gasteiger partial charge in [0.1, 0.15) is 0 Å². The molecule has 86 valence electrons. The third kappa shape index (κ3) is 2.48. The fourth-order valence-corrected chi connectivity index (χ4v) is 2.63. The lowest BCUT2D eigenvalue weighted by atomic mass is 9.78. The molecule has 1 aromatic carbocycles. The van der Waals surface area contributed by atoms with E-state index >= 15 is 0 Å². The Balaban J connectivity index is 2.17. The second-order valence-electron chi connectivity index (χ2n) is 4.49. The summed E-state index contributed by atoms with van der Waals surface area (Å²) in [5.74, 6) is -0.00428. The molecular formula is C12H13Br2NO. The van der Waals surface area contributed by atoms with Crippen LogP contribution in [0.5, 0.6) is 0 Å². The van der Waals surface area contributed by atoms with Gasteiger partial charge in [-0.1, -0.05) is 15.9 Å². The maximum Gasteiger partial charge on any atom is 0.252 e. The quantitative estimate of drug-likeness (QED) is 0.864. The largest absolute Gasteiger partial charge is 0.347 e. The number of benzene rings is 1. The number of halogens is 2. The van der Waals surface area contributed by atoms with Crippen molar-refractivity contribution < 1.29 is 4.79 Å². The average Bonchev–Trinajstić information content (AvgIpc) is 2.19. The Hall–Kier alpha value is -0.350. The molecule has 0 aromatic heterocycles. The molecule has 1 saturated carbocycles. The number of nitrogens with one attached hydrogen (secondary N) is 1. The lowest BCUT2D eigenvalue weighted by Gasteiger charge is -2.39. The summed E-state index contributed by atoms with van der Waals surface area (Å²) in [4.78, 5) is 12.1. The first-order valence-corrected chi connectivity index (χ1v) is 6.86. The highest BCUT2D eigenvalue weighted by Gasteiger charge is 2.33. The van der Waals surface area contributed by atoms with E-state index in [9.17, 15) is 4.79 Å². The molecule has 0 unspecified atom stereocenters. The lowest BCUT2D eigenvalue weighted by Crippen LogP contribution is -2.51. The van der Waals surface area contributed by atoms with Crippen molar-refractivity contribution in [1.82, 2.24) is 5.32 Å². The van der Waals surface area contributed by atoms with Gasteiger partial charge in [0.05, 0.1) is 5.56 Å². The third-order valence-electron chi connectivity index (χ3n) is 3.05. The predicted molar refractivity (Wildman–Crippen MR) is 71.6 cm³/mol. The van der Waals surface area contributed by atoms with Crippen molar-refractivity contribution in [3.05, 3.63) is 32.7 Å². The molecule has 1 amide bonds. The molecule has 2 nitrogen and oxygen atoms in total. The van der Waals surface area contributed by atoms with Gasteiger partial charge < -0.3 is 5.32 Å². The van der Waals surface area contributed by atoms with Crippen LogP contribution in [0.15, 0.2) is 27.1 Å². The molecule has 0 aliphatic heterocycles. The van der Waals surface area contributed by atoms with Crippen LogP contribution in [0.1, 0.15) is 36.5 Å². The fraction of sp³-hybridized carbons (Fsp3) is 0.417. The highest BCUT2D eigenvalue weighted by Crippen LogP contribution is 2.32. The summed E-state index contributed by atoms with van der Waals surface area (Å²) >= 11 is 6.77. The number of hydrogen-bond donors (Lipinski definition) is 1. The van der Waals surface area contributed by atoms with Crippen molar-refractivity contribution in [2.75, 3.05) is 0 Å². The molecule has 1 N–H and O–H groups in total. The second kappa shape index (κ2) is 4.49. The average molecular weight is 347 g/mol. The Morgan fingerprint density at radius 2 is 2.06 bits per heavy atom. The molecule has 2 rings (SSSR count). The third-order valence-corrected chi connectivity index (χ3v) is 4.23. The van der Waals surface area contributed by atoms with Crippen molar-refractivity contribution in [2.24, 2.45) is 0 Å². The maximum atomic E-state index is 12.1. The van der Waals surface area contributed by atoms with Crippen LogP contribution in [0, 0.1) is 0 Å². The Kier molecular flexibility index (Phi) is 3.40. The van der Waals surface area contributed by atoms with Gasteiger partial charge >= 0.3 is 0 Å². The number of amides is 1. The van der Waals surface area contributed by atoms with Crippen molar-refractivity contribution >= 4 is 37.8 Å². The van der Waals surface area contributed by atoms with Crippen LogP contribution in [0.25, 0.3) is 0 Å². The molecule has 1 aliphatic rings. The summed E-state index contributed by atoms with van der Waals surface area (Å²) in [5, 5.41) is 3.09. The molecule has 1 aromatic rings. The van der Waals surface area contributed by atoms with Gasteiger partial charge in [0.15, 0.2) is 0 Å². The van der Waals surface area contributed by atoms with Crippen molar-refractivity contribution in [1.29, 1.82) is 0 Å². The first-order valence-electron chi connectivity index (χ1n) is 5.28. The van der Waals surface area contributed by atoms with Gasteiger partial charge in [-0.25, -0.2) is 0 Å². The molecule has 1 aliphatic carbocycles. The van der Waals surface area contributed by atoms with Gasteiger partial charge in [-0.15, -0.1) is 0 Å². The van der Waals surface area contributed by atoms with Gasteiger partial charge in [0.25, 0.3) is 5.91 Å². The van der Waals surface area contributed by atoms with E-state index in [0.29, 0.717) is 5.56 Å². The van der Waals surface area contributed by atoms with E-state index < -0.39 is 0 Å². The normalized spacial score (nSPS) is 17.7. The molecule has 16 heavy (non-hydrogen) atoms. The Bertz CT molecular complexity index is 427.